The van der Waals surface area contributed by atoms with Gasteiger partial charge in [-0.15, -0.1) is 0 Å². The molecule has 0 spiro atoms. The van der Waals surface area contributed by atoms with Gasteiger partial charge in [-0.3, -0.25) is 4.79 Å². The molecule has 0 fully saturated rings. The highest BCUT2D eigenvalue weighted by molar-refractivity contribution is 6.35. The van der Waals surface area contributed by atoms with E-state index in [-0.39, 0.29) is 5.69 Å². The minimum atomic E-state index is -4.49. The van der Waals surface area contributed by atoms with E-state index in [0.29, 0.717) is 16.7 Å². The number of methoxy groups -OCH3 is 1. The second-order valence-corrected chi connectivity index (χ2v) is 7.47. The Balaban J connectivity index is 1.73. The average molecular weight is 440 g/mol. The van der Waals surface area contributed by atoms with Gasteiger partial charge in [-0.25, -0.2) is 4.79 Å². The number of benzene rings is 2. The summed E-state index contributed by atoms with van der Waals surface area (Å²) in [4.78, 5) is 24.2. The van der Waals surface area contributed by atoms with Crippen LogP contribution in [0, 0.1) is 13.8 Å². The maximum atomic E-state index is 13.0. The van der Waals surface area contributed by atoms with Crippen LogP contribution in [0.15, 0.2) is 48.5 Å². The Morgan fingerprint density at radius 3 is 2.38 bits per heavy atom. The third-order valence-corrected chi connectivity index (χ3v) is 5.45. The number of rotatable bonds is 3. The van der Waals surface area contributed by atoms with E-state index in [1.807, 2.05) is 24.5 Å². The summed E-state index contributed by atoms with van der Waals surface area (Å²) in [5.74, 6) is -0.880. The van der Waals surface area contributed by atoms with E-state index in [2.05, 4.69) is 5.32 Å². The van der Waals surface area contributed by atoms with Crippen molar-refractivity contribution in [1.82, 2.24) is 4.57 Å². The van der Waals surface area contributed by atoms with Crippen LogP contribution in [0.5, 0.6) is 0 Å². The van der Waals surface area contributed by atoms with Gasteiger partial charge in [0, 0.05) is 33.9 Å². The SMILES string of the molecule is COC(=O)c1ccc(-n2c(C)cc(/C=C3/C(=O)Nc4cc(C(F)(F)F)ccc43)c2C)cc1. The van der Waals surface area contributed by atoms with Gasteiger partial charge in [-0.05, 0) is 68.0 Å². The number of hydrogen-bond acceptors (Lipinski definition) is 3. The van der Waals surface area contributed by atoms with E-state index < -0.39 is 23.6 Å². The normalized spacial score (nSPS) is 14.4. The van der Waals surface area contributed by atoms with Crippen LogP contribution in [0.25, 0.3) is 17.3 Å². The van der Waals surface area contributed by atoms with Crippen LogP contribution in [0.4, 0.5) is 18.9 Å². The number of nitrogens with zero attached hydrogens (tertiary/aromatic N) is 1. The summed E-state index contributed by atoms with van der Waals surface area (Å²) in [6.45, 7) is 3.79. The maximum absolute atomic E-state index is 13.0. The van der Waals surface area contributed by atoms with E-state index in [9.17, 15) is 22.8 Å². The van der Waals surface area contributed by atoms with Crippen LogP contribution >= 0.6 is 0 Å². The Morgan fingerprint density at radius 1 is 1.06 bits per heavy atom. The number of aromatic nitrogens is 1. The number of amides is 1. The lowest BCUT2D eigenvalue weighted by molar-refractivity contribution is -0.137. The number of anilines is 1. The molecule has 4 rings (SSSR count). The lowest BCUT2D eigenvalue weighted by Gasteiger charge is -2.10. The van der Waals surface area contributed by atoms with Crippen molar-refractivity contribution in [3.63, 3.8) is 0 Å². The van der Waals surface area contributed by atoms with E-state index in [1.165, 1.54) is 13.2 Å². The van der Waals surface area contributed by atoms with Crippen molar-refractivity contribution in [2.24, 2.45) is 0 Å². The predicted molar refractivity (Wildman–Crippen MR) is 115 cm³/mol. The van der Waals surface area contributed by atoms with Crippen molar-refractivity contribution < 1.29 is 27.5 Å². The van der Waals surface area contributed by atoms with Crippen molar-refractivity contribution in [3.8, 4) is 5.69 Å². The summed E-state index contributed by atoms with van der Waals surface area (Å²) in [6.07, 6.45) is -2.81. The molecular weight excluding hydrogens is 421 g/mol. The number of fused-ring (bicyclic) bond motifs is 1. The van der Waals surface area contributed by atoms with Gasteiger partial charge in [-0.2, -0.15) is 13.2 Å². The second-order valence-electron chi connectivity index (χ2n) is 7.47. The number of esters is 1. The van der Waals surface area contributed by atoms with Gasteiger partial charge in [0.2, 0.25) is 0 Å². The molecule has 0 bridgehead atoms. The predicted octanol–water partition coefficient (Wildman–Crippen LogP) is 5.39. The molecule has 5 nitrogen and oxygen atoms in total. The van der Waals surface area contributed by atoms with Crippen molar-refractivity contribution in [2.75, 3.05) is 12.4 Å². The quantitative estimate of drug-likeness (QED) is 0.439. The van der Waals surface area contributed by atoms with Crippen LogP contribution in [-0.2, 0) is 15.7 Å². The molecule has 2 heterocycles. The van der Waals surface area contributed by atoms with E-state index in [4.69, 9.17) is 4.74 Å². The zero-order chi connectivity index (χ0) is 23.2. The fourth-order valence-corrected chi connectivity index (χ4v) is 3.87. The number of aryl methyl sites for hydroxylation is 1. The number of hydrogen-bond donors (Lipinski definition) is 1. The molecule has 1 aliphatic heterocycles. The van der Waals surface area contributed by atoms with E-state index in [1.54, 1.807) is 30.3 Å². The zero-order valence-corrected chi connectivity index (χ0v) is 17.5. The van der Waals surface area contributed by atoms with Gasteiger partial charge in [-0.1, -0.05) is 6.07 Å². The number of nitrogens with one attached hydrogen (secondary N) is 1. The van der Waals surface area contributed by atoms with Gasteiger partial charge in [0.15, 0.2) is 0 Å². The molecule has 0 atom stereocenters. The second kappa shape index (κ2) is 7.71. The average Bonchev–Trinajstić information content (AvgIpc) is 3.21. The van der Waals surface area contributed by atoms with Gasteiger partial charge < -0.3 is 14.6 Å². The van der Waals surface area contributed by atoms with Crippen LogP contribution in [0.1, 0.15) is 38.4 Å². The highest BCUT2D eigenvalue weighted by Gasteiger charge is 2.33. The molecule has 0 unspecified atom stereocenters. The minimum absolute atomic E-state index is 0.142. The molecule has 1 amide bonds. The van der Waals surface area contributed by atoms with Gasteiger partial charge in [0.1, 0.15) is 0 Å². The molecule has 1 aromatic heterocycles. The van der Waals surface area contributed by atoms with Crippen LogP contribution < -0.4 is 5.32 Å². The molecule has 8 heteroatoms. The summed E-state index contributed by atoms with van der Waals surface area (Å²) in [5, 5.41) is 2.52. The molecule has 2 aromatic carbocycles. The Bertz CT molecular complexity index is 1270. The van der Waals surface area contributed by atoms with Crippen molar-refractivity contribution in [1.29, 1.82) is 0 Å². The first-order valence-electron chi connectivity index (χ1n) is 9.72. The Labute approximate surface area is 182 Å². The molecule has 0 radical (unpaired) electrons. The highest BCUT2D eigenvalue weighted by atomic mass is 19.4. The third kappa shape index (κ3) is 3.68. The molecule has 0 saturated carbocycles. The molecule has 3 aromatic rings. The third-order valence-electron chi connectivity index (χ3n) is 5.45. The summed E-state index contributed by atoms with van der Waals surface area (Å²) in [7, 11) is 1.32. The largest absolute Gasteiger partial charge is 0.465 e. The van der Waals surface area contributed by atoms with Crippen LogP contribution in [0.2, 0.25) is 0 Å². The van der Waals surface area contributed by atoms with Gasteiger partial charge in [0.25, 0.3) is 5.91 Å². The lowest BCUT2D eigenvalue weighted by Crippen LogP contribution is -2.06. The topological polar surface area (TPSA) is 60.3 Å². The lowest BCUT2D eigenvalue weighted by atomic mass is 10.0. The van der Waals surface area contributed by atoms with Crippen molar-refractivity contribution in [2.45, 2.75) is 20.0 Å². The standard InChI is InChI=1S/C24H19F3N2O3/c1-13-10-16(14(2)29(13)18-7-4-15(5-8-18)23(31)32-3)11-20-19-9-6-17(24(25,26)27)12-21(19)28-22(20)30/h4-12H,1-3H3,(H,28,30)/b20-11+. The molecule has 0 saturated heterocycles. The van der Waals surface area contributed by atoms with E-state index in [0.717, 1.165) is 34.8 Å². The molecule has 1 aliphatic rings. The molecule has 32 heavy (non-hydrogen) atoms. The zero-order valence-electron chi connectivity index (χ0n) is 17.5. The highest BCUT2D eigenvalue weighted by Crippen LogP contribution is 2.39. The maximum Gasteiger partial charge on any atom is 0.416 e. The Hall–Kier alpha value is -3.81. The number of carbonyl (C=O) groups excluding carboxylic acids is 2. The summed E-state index contributed by atoms with van der Waals surface area (Å²) in [6, 6.07) is 12.0. The first-order chi connectivity index (χ1) is 15.1. The summed E-state index contributed by atoms with van der Waals surface area (Å²) < 4.78 is 45.7. The molecule has 1 N–H and O–H groups in total. The minimum Gasteiger partial charge on any atom is -0.465 e. The van der Waals surface area contributed by atoms with Crippen LogP contribution in [-0.4, -0.2) is 23.6 Å². The smallest absolute Gasteiger partial charge is 0.416 e. The van der Waals surface area contributed by atoms with E-state index >= 15 is 0 Å². The van der Waals surface area contributed by atoms with Gasteiger partial charge in [0.05, 0.1) is 18.2 Å². The van der Waals surface area contributed by atoms with Crippen molar-refractivity contribution >= 4 is 29.2 Å². The Morgan fingerprint density at radius 2 is 1.75 bits per heavy atom. The molecule has 0 aliphatic carbocycles. The Kier molecular flexibility index (Phi) is 5.16. The number of ether oxygens (including phenoxy) is 1. The first kappa shape index (κ1) is 21.4. The summed E-state index contributed by atoms with van der Waals surface area (Å²) >= 11 is 0. The monoisotopic (exact) mass is 440 g/mol. The number of carbonyl (C=O) groups is 2. The fourth-order valence-electron chi connectivity index (χ4n) is 3.87. The first-order valence-corrected chi connectivity index (χ1v) is 9.72. The summed E-state index contributed by atoms with van der Waals surface area (Å²) in [5.41, 5.74) is 3.81. The van der Waals surface area contributed by atoms with Crippen molar-refractivity contribution in [3.05, 3.63) is 82.2 Å². The molecular formula is C24H19F3N2O3. The number of alkyl halides is 3. The molecule has 164 valence electrons. The number of halogens is 3. The van der Waals surface area contributed by atoms with Crippen LogP contribution in [0.3, 0.4) is 0 Å². The van der Waals surface area contributed by atoms with Gasteiger partial charge >= 0.3 is 12.1 Å². The fraction of sp³-hybridized carbons (Fsp3) is 0.167.